The molecule has 22 heavy (non-hydrogen) atoms. The Hall–Kier alpha value is -0.516. The quantitative estimate of drug-likeness (QED) is 0.316. The molecule has 0 bridgehead atoms. The van der Waals surface area contributed by atoms with Crippen LogP contribution in [0.5, 0.6) is 0 Å². The summed E-state index contributed by atoms with van der Waals surface area (Å²) in [6.07, 6.45) is 1.04. The van der Waals surface area contributed by atoms with Gasteiger partial charge in [-0.2, -0.15) is 0 Å². The Bertz CT molecular complexity index is 315. The Balaban J connectivity index is 0. The van der Waals surface area contributed by atoms with Gasteiger partial charge in [-0.25, -0.2) is 4.79 Å². The number of carbonyl (C=O) groups is 1. The molecule has 8 heteroatoms. The van der Waals surface area contributed by atoms with Gasteiger partial charge in [0, 0.05) is 12.7 Å². The zero-order valence-corrected chi connectivity index (χ0v) is 16.5. The van der Waals surface area contributed by atoms with E-state index in [0.717, 1.165) is 18.5 Å². The van der Waals surface area contributed by atoms with E-state index in [2.05, 4.69) is 39.3 Å². The van der Waals surface area contributed by atoms with Gasteiger partial charge in [0.15, 0.2) is 16.6 Å². The zero-order valence-electron chi connectivity index (χ0n) is 14.5. The third-order valence-corrected chi connectivity index (χ3v) is 8.56. The first kappa shape index (κ1) is 23.7. The van der Waals surface area contributed by atoms with Crippen molar-refractivity contribution in [1.29, 1.82) is 0 Å². The number of rotatable bonds is 10. The van der Waals surface area contributed by atoms with E-state index in [4.69, 9.17) is 24.2 Å². The molecule has 0 heterocycles. The predicted molar refractivity (Wildman–Crippen MR) is 93.1 cm³/mol. The average molecular weight is 353 g/mol. The van der Waals surface area contributed by atoms with Crippen LogP contribution in [0.25, 0.3) is 0 Å². The van der Waals surface area contributed by atoms with E-state index in [1.807, 2.05) is 0 Å². The monoisotopic (exact) mass is 352 g/mol. The number of aliphatic carboxylic acids is 1. The molecule has 0 aliphatic rings. The highest BCUT2D eigenvalue weighted by molar-refractivity contribution is 6.84. The first-order valence-corrected chi connectivity index (χ1v) is 13.9. The number of ether oxygens (including phenoxy) is 1. The van der Waals surface area contributed by atoms with Gasteiger partial charge in [-0.05, 0) is 45.2 Å². The molecule has 0 aliphatic carbocycles. The van der Waals surface area contributed by atoms with Crippen LogP contribution in [0.1, 0.15) is 6.42 Å². The van der Waals surface area contributed by atoms with Crippen LogP contribution in [-0.2, 0) is 13.6 Å². The van der Waals surface area contributed by atoms with E-state index in [9.17, 15) is 4.79 Å². The summed E-state index contributed by atoms with van der Waals surface area (Å²) in [5, 5.41) is 25.3. The normalized spacial score (nSPS) is 13.0. The summed E-state index contributed by atoms with van der Waals surface area (Å²) in [6.45, 7) is 14.7. The summed E-state index contributed by atoms with van der Waals surface area (Å²) in [4.78, 5) is 9.25. The number of hydrogen-bond acceptors (Lipinski definition) is 5. The smallest absolute Gasteiger partial charge is 0.327 e. The molecule has 0 aromatic carbocycles. The van der Waals surface area contributed by atoms with Crippen molar-refractivity contribution >= 4 is 22.6 Å². The summed E-state index contributed by atoms with van der Waals surface area (Å²) < 4.78 is 11.5. The highest BCUT2D eigenvalue weighted by atomic mass is 28.4. The molecule has 0 aliphatic heterocycles. The van der Waals surface area contributed by atoms with Crippen LogP contribution in [0.15, 0.2) is 12.7 Å². The summed E-state index contributed by atoms with van der Waals surface area (Å²) >= 11 is 0. The molecule has 0 radical (unpaired) electrons. The van der Waals surface area contributed by atoms with Gasteiger partial charge < -0.3 is 24.2 Å². The molecule has 1 unspecified atom stereocenters. The molecule has 0 saturated carbocycles. The van der Waals surface area contributed by atoms with Crippen molar-refractivity contribution in [1.82, 2.24) is 0 Å². The lowest BCUT2D eigenvalue weighted by Crippen LogP contribution is -2.42. The molecule has 0 amide bonds. The second-order valence-corrected chi connectivity index (χ2v) is 15.6. The van der Waals surface area contributed by atoms with Crippen molar-refractivity contribution < 1.29 is 29.0 Å². The molecule has 0 saturated heterocycles. The fraction of sp³-hybridized carbons (Fsp3) is 0.786. The van der Waals surface area contributed by atoms with E-state index in [-0.39, 0.29) is 13.2 Å². The lowest BCUT2D eigenvalue weighted by Gasteiger charge is -2.31. The second kappa shape index (κ2) is 12.0. The molecule has 0 aromatic heterocycles. The Kier molecular flexibility index (Phi) is 12.9. The number of carboxylic acid groups (broad SMARTS) is 1. The maximum atomic E-state index is 9.25. The van der Waals surface area contributed by atoms with Gasteiger partial charge in [0.05, 0.1) is 13.2 Å². The molecular weight excluding hydrogens is 320 g/mol. The van der Waals surface area contributed by atoms with Crippen LogP contribution in [0.3, 0.4) is 0 Å². The van der Waals surface area contributed by atoms with Crippen molar-refractivity contribution in [3.05, 3.63) is 12.7 Å². The van der Waals surface area contributed by atoms with Crippen molar-refractivity contribution in [3.8, 4) is 0 Å². The molecule has 0 aromatic rings. The number of hydrogen-bond donors (Lipinski definition) is 3. The van der Waals surface area contributed by atoms with E-state index < -0.39 is 28.7 Å². The van der Waals surface area contributed by atoms with Crippen LogP contribution in [0, 0.1) is 0 Å². The number of aliphatic hydroxyl groups is 2. The first-order chi connectivity index (χ1) is 9.93. The van der Waals surface area contributed by atoms with Gasteiger partial charge in [0.2, 0.25) is 0 Å². The fourth-order valence-corrected chi connectivity index (χ4v) is 9.79. The molecule has 6 nitrogen and oxygen atoms in total. The van der Waals surface area contributed by atoms with Crippen LogP contribution < -0.4 is 0 Å². The van der Waals surface area contributed by atoms with Gasteiger partial charge in [0.25, 0.3) is 0 Å². The van der Waals surface area contributed by atoms with Gasteiger partial charge >= 0.3 is 5.97 Å². The minimum absolute atomic E-state index is 0.216. The Morgan fingerprint density at radius 3 is 2.14 bits per heavy atom. The SMILES string of the molecule is C=CC(=O)O.C[Si](C)(C)O[Si](C)(C)CCCOCC(O)CO. The second-order valence-electron chi connectivity index (χ2n) is 6.53. The molecule has 132 valence electrons. The molecule has 1 atom stereocenters. The summed E-state index contributed by atoms with van der Waals surface area (Å²) in [6, 6.07) is 1.08. The van der Waals surface area contributed by atoms with Crippen molar-refractivity contribution in [3.63, 3.8) is 0 Å². The highest BCUT2D eigenvalue weighted by Crippen LogP contribution is 2.19. The molecule has 3 N–H and O–H groups in total. The van der Waals surface area contributed by atoms with Gasteiger partial charge in [-0.15, -0.1) is 0 Å². The van der Waals surface area contributed by atoms with Crippen LogP contribution in [-0.4, -0.2) is 63.8 Å². The van der Waals surface area contributed by atoms with Crippen molar-refractivity contribution in [2.75, 3.05) is 19.8 Å². The Morgan fingerprint density at radius 2 is 1.77 bits per heavy atom. The zero-order chi connectivity index (χ0) is 17.8. The van der Waals surface area contributed by atoms with Crippen LogP contribution >= 0.6 is 0 Å². The fourth-order valence-electron chi connectivity index (χ4n) is 1.75. The lowest BCUT2D eigenvalue weighted by molar-refractivity contribution is -0.131. The third-order valence-electron chi connectivity index (χ3n) is 2.35. The van der Waals surface area contributed by atoms with E-state index >= 15 is 0 Å². The van der Waals surface area contributed by atoms with Crippen molar-refractivity contribution in [2.24, 2.45) is 0 Å². The maximum absolute atomic E-state index is 9.25. The largest absolute Gasteiger partial charge is 0.478 e. The van der Waals surface area contributed by atoms with E-state index in [0.29, 0.717) is 6.61 Å². The number of aliphatic hydroxyl groups excluding tert-OH is 2. The van der Waals surface area contributed by atoms with Crippen LogP contribution in [0.4, 0.5) is 0 Å². The summed E-state index contributed by atoms with van der Waals surface area (Å²) in [5.74, 6) is -0.981. The maximum Gasteiger partial charge on any atom is 0.327 e. The minimum atomic E-state index is -1.55. The molecule has 0 fully saturated rings. The topological polar surface area (TPSA) is 96.2 Å². The minimum Gasteiger partial charge on any atom is -0.478 e. The average Bonchev–Trinajstić information content (AvgIpc) is 2.35. The van der Waals surface area contributed by atoms with Gasteiger partial charge in [-0.3, -0.25) is 0 Å². The predicted octanol–water partition coefficient (Wildman–Crippen LogP) is 2.06. The van der Waals surface area contributed by atoms with Gasteiger partial charge in [-0.1, -0.05) is 6.58 Å². The van der Waals surface area contributed by atoms with E-state index in [1.165, 1.54) is 0 Å². The molecule has 0 rings (SSSR count). The Labute approximate surface area is 136 Å². The summed E-state index contributed by atoms with van der Waals surface area (Å²) in [5.41, 5.74) is 0. The highest BCUT2D eigenvalue weighted by Gasteiger charge is 2.28. The van der Waals surface area contributed by atoms with Crippen molar-refractivity contribution in [2.45, 2.75) is 51.3 Å². The standard InChI is InChI=1S/C11H28O4Si2.C3H4O2/c1-16(2,3)15-17(4,5)8-6-7-14-10-11(13)9-12;1-2-3(4)5/h11-13H,6-10H2,1-5H3;2H,1H2,(H,4,5). The first-order valence-electron chi connectivity index (χ1n) is 7.35. The lowest BCUT2D eigenvalue weighted by atomic mass is 10.4. The van der Waals surface area contributed by atoms with Gasteiger partial charge in [0.1, 0.15) is 6.10 Å². The molecule has 0 spiro atoms. The third kappa shape index (κ3) is 19.5. The number of carboxylic acids is 1. The van der Waals surface area contributed by atoms with E-state index in [1.54, 1.807) is 0 Å². The Morgan fingerprint density at radius 1 is 1.27 bits per heavy atom. The summed E-state index contributed by atoms with van der Waals surface area (Å²) in [7, 11) is -2.99. The van der Waals surface area contributed by atoms with Crippen LogP contribution in [0.2, 0.25) is 38.8 Å². The molecular formula is C14H32O6Si2.